The second kappa shape index (κ2) is 8.42. The summed E-state index contributed by atoms with van der Waals surface area (Å²) in [5.41, 5.74) is 0.988. The highest BCUT2D eigenvalue weighted by Gasteiger charge is 2.15. The van der Waals surface area contributed by atoms with Gasteiger partial charge in [0, 0.05) is 6.04 Å². The Labute approximate surface area is 123 Å². The summed E-state index contributed by atoms with van der Waals surface area (Å²) in [6.07, 6.45) is 3.79. The minimum atomic E-state index is -3.13. The predicted molar refractivity (Wildman–Crippen MR) is 84.8 cm³/mol. The van der Waals surface area contributed by atoms with Crippen LogP contribution < -0.4 is 5.32 Å². The zero-order valence-electron chi connectivity index (χ0n) is 12.9. The van der Waals surface area contributed by atoms with E-state index in [0.717, 1.165) is 31.4 Å². The first-order chi connectivity index (χ1) is 9.49. The molecule has 0 saturated heterocycles. The fourth-order valence-electron chi connectivity index (χ4n) is 2.25. The van der Waals surface area contributed by atoms with Crippen molar-refractivity contribution in [3.8, 4) is 0 Å². The van der Waals surface area contributed by atoms with Crippen molar-refractivity contribution in [2.75, 3.05) is 12.3 Å². The summed E-state index contributed by atoms with van der Waals surface area (Å²) in [7, 11) is -3.13. The fourth-order valence-corrected chi connectivity index (χ4v) is 3.68. The SMILES string of the molecule is CCCNC(CC)CCCS(=O)(=O)c1cccc(C)c1. The summed E-state index contributed by atoms with van der Waals surface area (Å²) >= 11 is 0. The van der Waals surface area contributed by atoms with Gasteiger partial charge < -0.3 is 5.32 Å². The molecular weight excluding hydrogens is 270 g/mol. The van der Waals surface area contributed by atoms with Crippen molar-refractivity contribution in [2.45, 2.75) is 57.4 Å². The van der Waals surface area contributed by atoms with Crippen LogP contribution in [0.15, 0.2) is 29.2 Å². The summed E-state index contributed by atoms with van der Waals surface area (Å²) in [6, 6.07) is 7.60. The number of nitrogens with one attached hydrogen (secondary N) is 1. The molecule has 1 atom stereocenters. The number of aryl methyl sites for hydroxylation is 1. The lowest BCUT2D eigenvalue weighted by Crippen LogP contribution is -2.29. The van der Waals surface area contributed by atoms with Crippen LogP contribution in [0.5, 0.6) is 0 Å². The van der Waals surface area contributed by atoms with E-state index in [4.69, 9.17) is 0 Å². The molecule has 0 aliphatic carbocycles. The molecule has 1 rings (SSSR count). The quantitative estimate of drug-likeness (QED) is 0.760. The van der Waals surface area contributed by atoms with Gasteiger partial charge in [-0.05, 0) is 56.8 Å². The van der Waals surface area contributed by atoms with E-state index in [0.29, 0.717) is 17.4 Å². The van der Waals surface area contributed by atoms with Crippen LogP contribution in [-0.4, -0.2) is 26.8 Å². The van der Waals surface area contributed by atoms with E-state index in [2.05, 4.69) is 19.2 Å². The van der Waals surface area contributed by atoms with Gasteiger partial charge in [-0.3, -0.25) is 0 Å². The molecule has 0 saturated carbocycles. The van der Waals surface area contributed by atoms with E-state index in [9.17, 15) is 8.42 Å². The Bertz CT molecular complexity index is 497. The summed E-state index contributed by atoms with van der Waals surface area (Å²) in [5, 5.41) is 3.46. The average molecular weight is 297 g/mol. The van der Waals surface area contributed by atoms with Crippen molar-refractivity contribution in [3.05, 3.63) is 29.8 Å². The monoisotopic (exact) mass is 297 g/mol. The van der Waals surface area contributed by atoms with Gasteiger partial charge >= 0.3 is 0 Å². The van der Waals surface area contributed by atoms with Gasteiger partial charge in [0.1, 0.15) is 0 Å². The summed E-state index contributed by atoms with van der Waals surface area (Å²) in [5.74, 6) is 0.237. The molecule has 0 aliphatic heterocycles. The Kier molecular flexibility index (Phi) is 7.24. The average Bonchev–Trinajstić information content (AvgIpc) is 2.42. The van der Waals surface area contributed by atoms with Crippen LogP contribution in [0.2, 0.25) is 0 Å². The second-order valence-electron chi connectivity index (χ2n) is 5.34. The highest BCUT2D eigenvalue weighted by molar-refractivity contribution is 7.91. The third-order valence-electron chi connectivity index (χ3n) is 3.49. The van der Waals surface area contributed by atoms with Crippen LogP contribution in [0.1, 0.15) is 45.1 Å². The molecule has 0 fully saturated rings. The molecule has 3 nitrogen and oxygen atoms in total. The van der Waals surface area contributed by atoms with E-state index in [1.54, 1.807) is 18.2 Å². The van der Waals surface area contributed by atoms with Crippen molar-refractivity contribution < 1.29 is 8.42 Å². The van der Waals surface area contributed by atoms with Crippen molar-refractivity contribution in [3.63, 3.8) is 0 Å². The van der Waals surface area contributed by atoms with Crippen LogP contribution >= 0.6 is 0 Å². The van der Waals surface area contributed by atoms with E-state index in [1.165, 1.54) is 0 Å². The molecule has 0 heterocycles. The number of hydrogen-bond donors (Lipinski definition) is 1. The zero-order valence-corrected chi connectivity index (χ0v) is 13.7. The van der Waals surface area contributed by atoms with Gasteiger partial charge in [0.2, 0.25) is 0 Å². The molecule has 1 N–H and O–H groups in total. The van der Waals surface area contributed by atoms with Gasteiger partial charge in [0.05, 0.1) is 10.6 Å². The molecule has 0 amide bonds. The molecule has 1 aromatic carbocycles. The number of hydrogen-bond acceptors (Lipinski definition) is 3. The van der Waals surface area contributed by atoms with Crippen LogP contribution in [0.3, 0.4) is 0 Å². The van der Waals surface area contributed by atoms with Crippen LogP contribution in [0, 0.1) is 6.92 Å². The molecule has 0 spiro atoms. The van der Waals surface area contributed by atoms with Crippen molar-refractivity contribution in [1.82, 2.24) is 5.32 Å². The van der Waals surface area contributed by atoms with Gasteiger partial charge in [-0.15, -0.1) is 0 Å². The molecule has 0 aromatic heterocycles. The normalized spacial score (nSPS) is 13.3. The Morgan fingerprint density at radius 3 is 2.60 bits per heavy atom. The number of sulfone groups is 1. The molecule has 1 aromatic rings. The Hall–Kier alpha value is -0.870. The van der Waals surface area contributed by atoms with Gasteiger partial charge in [0.15, 0.2) is 9.84 Å². The maximum atomic E-state index is 12.2. The lowest BCUT2D eigenvalue weighted by Gasteiger charge is -2.16. The lowest BCUT2D eigenvalue weighted by molar-refractivity contribution is 0.463. The van der Waals surface area contributed by atoms with Crippen LogP contribution in [0.25, 0.3) is 0 Å². The maximum Gasteiger partial charge on any atom is 0.178 e. The third kappa shape index (κ3) is 5.63. The molecule has 4 heteroatoms. The van der Waals surface area contributed by atoms with Gasteiger partial charge in [-0.2, -0.15) is 0 Å². The Morgan fingerprint density at radius 2 is 2.00 bits per heavy atom. The van der Waals surface area contributed by atoms with E-state index < -0.39 is 9.84 Å². The van der Waals surface area contributed by atoms with Crippen molar-refractivity contribution in [1.29, 1.82) is 0 Å². The topological polar surface area (TPSA) is 46.2 Å². The van der Waals surface area contributed by atoms with Crippen LogP contribution in [0.4, 0.5) is 0 Å². The highest BCUT2D eigenvalue weighted by atomic mass is 32.2. The van der Waals surface area contributed by atoms with Crippen LogP contribution in [-0.2, 0) is 9.84 Å². The first kappa shape index (κ1) is 17.2. The standard InChI is InChI=1S/C16H27NO2S/c1-4-11-17-15(5-2)9-7-12-20(18,19)16-10-6-8-14(3)13-16/h6,8,10,13,15,17H,4-5,7,9,11-12H2,1-3H3. The minimum Gasteiger partial charge on any atom is -0.314 e. The predicted octanol–water partition coefficient (Wildman–Crippen LogP) is 3.33. The smallest absolute Gasteiger partial charge is 0.178 e. The number of rotatable bonds is 9. The third-order valence-corrected chi connectivity index (χ3v) is 5.29. The van der Waals surface area contributed by atoms with Gasteiger partial charge in [0.25, 0.3) is 0 Å². The second-order valence-corrected chi connectivity index (χ2v) is 7.45. The molecule has 0 bridgehead atoms. The van der Waals surface area contributed by atoms with E-state index in [-0.39, 0.29) is 5.75 Å². The first-order valence-electron chi connectivity index (χ1n) is 7.52. The molecule has 20 heavy (non-hydrogen) atoms. The molecule has 114 valence electrons. The van der Waals surface area contributed by atoms with Gasteiger partial charge in [-0.1, -0.05) is 26.0 Å². The first-order valence-corrected chi connectivity index (χ1v) is 9.17. The van der Waals surface area contributed by atoms with E-state index >= 15 is 0 Å². The van der Waals surface area contributed by atoms with Crippen molar-refractivity contribution >= 4 is 9.84 Å². The Morgan fingerprint density at radius 1 is 1.25 bits per heavy atom. The highest BCUT2D eigenvalue weighted by Crippen LogP contribution is 2.15. The Balaban J connectivity index is 2.51. The molecule has 0 radical (unpaired) electrons. The zero-order chi connectivity index (χ0) is 15.0. The van der Waals surface area contributed by atoms with Gasteiger partial charge in [-0.25, -0.2) is 8.42 Å². The van der Waals surface area contributed by atoms with Crippen molar-refractivity contribution in [2.24, 2.45) is 0 Å². The number of benzene rings is 1. The summed E-state index contributed by atoms with van der Waals surface area (Å²) in [6.45, 7) is 7.20. The summed E-state index contributed by atoms with van der Waals surface area (Å²) < 4.78 is 24.5. The molecule has 1 unspecified atom stereocenters. The van der Waals surface area contributed by atoms with E-state index in [1.807, 2.05) is 13.0 Å². The largest absolute Gasteiger partial charge is 0.314 e. The fraction of sp³-hybridized carbons (Fsp3) is 0.625. The molecule has 0 aliphatic rings. The maximum absolute atomic E-state index is 12.2. The minimum absolute atomic E-state index is 0.237. The lowest BCUT2D eigenvalue weighted by atomic mass is 10.1. The summed E-state index contributed by atoms with van der Waals surface area (Å²) in [4.78, 5) is 0.451. The molecular formula is C16H27NO2S.